The lowest BCUT2D eigenvalue weighted by molar-refractivity contribution is -0.122. The summed E-state index contributed by atoms with van der Waals surface area (Å²) >= 11 is -0.197. The third kappa shape index (κ3) is 6.93. The predicted octanol–water partition coefficient (Wildman–Crippen LogP) is 1.40. The Kier molecular flexibility index (Phi) is 6.05. The van der Waals surface area contributed by atoms with E-state index in [4.69, 9.17) is 0 Å². The smallest absolute Gasteiger partial charge is 0.165 e. The zero-order chi connectivity index (χ0) is 13.1. The Morgan fingerprint density at radius 1 is 1.38 bits per heavy atom. The van der Waals surface area contributed by atoms with Crippen LogP contribution in [-0.4, -0.2) is 35.3 Å². The average Bonchev–Trinajstić information content (AvgIpc) is 1.96. The van der Waals surface area contributed by atoms with E-state index in [0.29, 0.717) is 0 Å². The van der Waals surface area contributed by atoms with Crippen molar-refractivity contribution in [1.29, 1.82) is 0 Å². The summed E-state index contributed by atoms with van der Waals surface area (Å²) in [5.41, 5.74) is -0.290. The quantitative estimate of drug-likeness (QED) is 0.457. The Labute approximate surface area is 113 Å². The van der Waals surface area contributed by atoms with Gasteiger partial charge in [0.1, 0.15) is 0 Å². The lowest BCUT2D eigenvalue weighted by atomic mass is 9.99. The van der Waals surface area contributed by atoms with Gasteiger partial charge in [-0.3, -0.25) is 9.00 Å². The van der Waals surface area contributed by atoms with Crippen molar-refractivity contribution in [3.8, 4) is 0 Å². The third-order valence-corrected chi connectivity index (χ3v) is 2.95. The second kappa shape index (κ2) is 5.88. The summed E-state index contributed by atoms with van der Waals surface area (Å²) in [4.78, 5) is 12.0. The van der Waals surface area contributed by atoms with Crippen molar-refractivity contribution in [2.45, 2.75) is 49.6 Å². The fourth-order valence-corrected chi connectivity index (χ4v) is 2.14. The van der Waals surface area contributed by atoms with Gasteiger partial charge in [0.15, 0.2) is 5.78 Å². The molecule has 0 spiro atoms. The summed E-state index contributed by atoms with van der Waals surface area (Å²) in [5.74, 6) is -0.269. The molecule has 2 unspecified atom stereocenters. The first-order valence-corrected chi connectivity index (χ1v) is 7.32. The highest BCUT2D eigenvalue weighted by atomic mass is 127. The van der Waals surface area contributed by atoms with Gasteiger partial charge in [-0.1, -0.05) is 33.7 Å². The molecule has 0 fully saturated rings. The van der Waals surface area contributed by atoms with Crippen molar-refractivity contribution in [3.63, 3.8) is 0 Å². The number of hydrogen-bond acceptors (Lipinski definition) is 4. The van der Waals surface area contributed by atoms with Crippen LogP contribution in [0.3, 0.4) is 0 Å². The Morgan fingerprint density at radius 3 is 2.06 bits per heavy atom. The summed E-state index contributed by atoms with van der Waals surface area (Å²) in [7, 11) is 0. The van der Waals surface area contributed by atoms with E-state index in [9.17, 15) is 13.6 Å². The monoisotopic (exact) mass is 360 g/mol. The van der Waals surface area contributed by atoms with E-state index >= 15 is 0 Å². The molecule has 0 heterocycles. The number of rotatable bonds is 5. The number of carbonyl (C=O) groups excluding carboxylic acids is 1. The number of hydrogen-bond donors (Lipinski definition) is 1. The van der Waals surface area contributed by atoms with E-state index in [2.05, 4.69) is 5.32 Å². The molecule has 0 radical (unpaired) electrons. The van der Waals surface area contributed by atoms with Crippen molar-refractivity contribution in [2.24, 2.45) is 0 Å². The highest BCUT2D eigenvalue weighted by Crippen LogP contribution is 2.21. The van der Waals surface area contributed by atoms with Crippen LogP contribution in [0.15, 0.2) is 0 Å². The van der Waals surface area contributed by atoms with E-state index in [1.807, 2.05) is 43.4 Å². The van der Waals surface area contributed by atoms with Gasteiger partial charge in [0.25, 0.3) is 0 Å². The molecule has 0 aromatic heterocycles. The summed E-state index contributed by atoms with van der Waals surface area (Å²) in [5, 5.41) is 3.05. The van der Waals surface area contributed by atoms with Crippen molar-refractivity contribution in [1.82, 2.24) is 5.32 Å². The lowest BCUT2D eigenvalue weighted by Gasteiger charge is -2.31. The molecule has 96 valence electrons. The number of Topliss-reactive ketones (excluding diaryl/α,β-unsaturated/α-hetero) is 1. The summed E-state index contributed by atoms with van der Waals surface area (Å²) in [6.07, 6.45) is 0. The van der Waals surface area contributed by atoms with Crippen molar-refractivity contribution >= 4 is 39.5 Å². The Morgan fingerprint density at radius 2 is 1.81 bits per heavy atom. The van der Waals surface area contributed by atoms with Crippen LogP contribution in [0.25, 0.3) is 0 Å². The van der Waals surface area contributed by atoms with Crippen LogP contribution in [0, 0.1) is 0 Å². The molecule has 0 bridgehead atoms. The summed E-state index contributed by atoms with van der Waals surface area (Å²) in [6.45, 7) is 9.27. The van der Waals surface area contributed by atoms with Crippen molar-refractivity contribution in [2.75, 3.05) is 5.75 Å². The first-order valence-electron chi connectivity index (χ1n) is 5.00. The maximum Gasteiger partial charge on any atom is 0.165 e. The molecule has 2 atom stereocenters. The average molecular weight is 360 g/mol. The van der Waals surface area contributed by atoms with Crippen LogP contribution in [-0.2, 0) is 15.9 Å². The number of carbonyl (C=O) groups is 1. The van der Waals surface area contributed by atoms with Gasteiger partial charge in [-0.15, -0.1) is 0 Å². The molecule has 0 saturated heterocycles. The Hall–Kier alpha value is 0.470. The topological polar surface area (TPSA) is 69.2 Å². The van der Waals surface area contributed by atoms with Gasteiger partial charge in [-0.2, -0.15) is 0 Å². The van der Waals surface area contributed by atoms with Crippen LogP contribution in [0.5, 0.6) is 0 Å². The maximum absolute atomic E-state index is 12.0. The van der Waals surface area contributed by atoms with E-state index in [-0.39, 0.29) is 17.1 Å². The van der Waals surface area contributed by atoms with Crippen molar-refractivity contribution in [3.05, 3.63) is 0 Å². The van der Waals surface area contributed by atoms with Crippen LogP contribution >= 0.6 is 22.6 Å². The molecule has 0 rings (SSSR count). The van der Waals surface area contributed by atoms with Gasteiger partial charge in [-0.25, -0.2) is 0 Å². The van der Waals surface area contributed by atoms with Crippen LogP contribution in [0.2, 0.25) is 0 Å². The first-order chi connectivity index (χ1) is 6.93. The molecule has 0 aliphatic carbocycles. The molecule has 0 amide bonds. The molecule has 0 aliphatic rings. The van der Waals surface area contributed by atoms with Gasteiger partial charge in [0.05, 0.1) is 9.46 Å². The number of ketones is 1. The fourth-order valence-electron chi connectivity index (χ4n) is 1.26. The van der Waals surface area contributed by atoms with Gasteiger partial charge in [0, 0.05) is 11.3 Å². The molecule has 0 aromatic rings. The number of halogens is 1. The molecular formula is C10H19INO3S-. The largest absolute Gasteiger partial charge is 0.772 e. The van der Waals surface area contributed by atoms with E-state index < -0.39 is 20.5 Å². The van der Waals surface area contributed by atoms with Gasteiger partial charge in [0.2, 0.25) is 0 Å². The van der Waals surface area contributed by atoms with Gasteiger partial charge >= 0.3 is 0 Å². The fraction of sp³-hybridized carbons (Fsp3) is 0.900. The normalized spacial score (nSPS) is 16.9. The molecule has 1 N–H and O–H groups in total. The molecular weight excluding hydrogens is 341 g/mol. The second-order valence-corrected chi connectivity index (χ2v) is 8.89. The third-order valence-electron chi connectivity index (χ3n) is 1.81. The number of nitrogens with one attached hydrogen (secondary N) is 1. The molecule has 16 heavy (non-hydrogen) atoms. The lowest BCUT2D eigenvalue weighted by Crippen LogP contribution is -2.54. The highest BCUT2D eigenvalue weighted by molar-refractivity contribution is 14.1. The second-order valence-electron chi connectivity index (χ2n) is 5.25. The SMILES string of the molecule is CC(C)(C)NC(CS(=O)[O-])C(=O)C(C)(C)I. The summed E-state index contributed by atoms with van der Waals surface area (Å²) in [6, 6.07) is -0.648. The van der Waals surface area contributed by atoms with Crippen molar-refractivity contribution < 1.29 is 13.6 Å². The standard InChI is InChI=1S/C10H20INO3S/c1-9(2,3)12-7(6-16(14)15)8(13)10(4,5)11/h7,12H,6H2,1-5H3,(H,14,15)/p-1. The van der Waals surface area contributed by atoms with E-state index in [0.717, 1.165) is 0 Å². The molecule has 0 aromatic carbocycles. The van der Waals surface area contributed by atoms with Crippen LogP contribution in [0.1, 0.15) is 34.6 Å². The van der Waals surface area contributed by atoms with Crippen LogP contribution in [0.4, 0.5) is 0 Å². The Balaban J connectivity index is 4.81. The van der Waals surface area contributed by atoms with Gasteiger partial charge in [-0.05, 0) is 34.6 Å². The summed E-state index contributed by atoms with van der Waals surface area (Å²) < 4.78 is 20.9. The molecule has 6 heteroatoms. The zero-order valence-electron chi connectivity index (χ0n) is 10.3. The molecule has 0 aliphatic heterocycles. The molecule has 4 nitrogen and oxygen atoms in total. The highest BCUT2D eigenvalue weighted by Gasteiger charge is 2.33. The number of alkyl halides is 1. The van der Waals surface area contributed by atoms with Crippen LogP contribution < -0.4 is 5.32 Å². The minimum absolute atomic E-state index is 0.0905. The van der Waals surface area contributed by atoms with E-state index in [1.165, 1.54) is 0 Å². The predicted molar refractivity (Wildman–Crippen MR) is 73.6 cm³/mol. The molecule has 0 saturated carbocycles. The minimum atomic E-state index is -2.22. The zero-order valence-corrected chi connectivity index (χ0v) is 13.3. The van der Waals surface area contributed by atoms with Gasteiger partial charge < -0.3 is 9.87 Å². The van der Waals surface area contributed by atoms with E-state index in [1.54, 1.807) is 13.8 Å². The minimum Gasteiger partial charge on any atom is -0.772 e. The maximum atomic E-state index is 12.0. The first kappa shape index (κ1) is 16.5. The Bertz CT molecular complexity index is 281.